The van der Waals surface area contributed by atoms with Gasteiger partial charge in [-0.05, 0) is 19.4 Å². The molecule has 0 aromatic heterocycles. The molecule has 0 aliphatic heterocycles. The summed E-state index contributed by atoms with van der Waals surface area (Å²) in [6.45, 7) is 10.7. The second kappa shape index (κ2) is 6.60. The molecule has 0 saturated heterocycles. The topological polar surface area (TPSA) is 43.1 Å². The molecule has 0 aliphatic rings. The molecule has 0 bridgehead atoms. The molecular weight excluding hydrogens is 186 g/mol. The van der Waals surface area contributed by atoms with Crippen molar-refractivity contribution in [2.45, 2.75) is 13.8 Å². The zero-order valence-corrected chi connectivity index (χ0v) is 9.29. The first-order valence-corrected chi connectivity index (χ1v) is 4.61. The molecule has 2 N–H and O–H groups in total. The molecule has 1 aromatic rings. The van der Waals surface area contributed by atoms with E-state index >= 15 is 0 Å². The monoisotopic (exact) mass is 203 g/mol. The van der Waals surface area contributed by atoms with Crippen LogP contribution in [0.5, 0.6) is 0 Å². The van der Waals surface area contributed by atoms with Gasteiger partial charge in [0.05, 0.1) is 0 Å². The highest BCUT2D eigenvalue weighted by Gasteiger charge is 1.87. The molecule has 0 fully saturated rings. The maximum atomic E-state index is 9.82. The maximum Gasteiger partial charge on any atom is 0.243 e. The highest BCUT2D eigenvalue weighted by molar-refractivity contribution is 5.90. The van der Waals surface area contributed by atoms with E-state index in [4.69, 9.17) is 5.73 Å². The summed E-state index contributed by atoms with van der Waals surface area (Å²) in [5.41, 5.74) is 7.44. The minimum absolute atomic E-state index is 0.398. The molecule has 0 aliphatic carbocycles. The maximum absolute atomic E-state index is 9.82. The SMILES string of the molecule is C=C(C)C(N)=O.C=C(C)c1ccccc1. The average molecular weight is 203 g/mol. The van der Waals surface area contributed by atoms with Crippen molar-refractivity contribution in [2.24, 2.45) is 5.73 Å². The fourth-order valence-electron chi connectivity index (χ4n) is 0.723. The summed E-state index contributed by atoms with van der Waals surface area (Å²) in [6, 6.07) is 10.2. The van der Waals surface area contributed by atoms with Crippen LogP contribution in [0.25, 0.3) is 5.57 Å². The van der Waals surface area contributed by atoms with Crippen LogP contribution >= 0.6 is 0 Å². The first-order chi connectivity index (χ1) is 6.95. The van der Waals surface area contributed by atoms with E-state index in [1.807, 2.05) is 25.1 Å². The summed E-state index contributed by atoms with van der Waals surface area (Å²) in [5, 5.41) is 0. The smallest absolute Gasteiger partial charge is 0.243 e. The second-order valence-electron chi connectivity index (χ2n) is 3.29. The number of carbonyl (C=O) groups excluding carboxylic acids is 1. The zero-order chi connectivity index (χ0) is 11.8. The third kappa shape index (κ3) is 6.27. The summed E-state index contributed by atoms with van der Waals surface area (Å²) in [5.74, 6) is -0.435. The molecule has 0 unspecified atom stereocenters. The molecule has 0 heterocycles. The van der Waals surface area contributed by atoms with E-state index in [-0.39, 0.29) is 0 Å². The van der Waals surface area contributed by atoms with Crippen LogP contribution in [0.4, 0.5) is 0 Å². The Hall–Kier alpha value is -1.83. The summed E-state index contributed by atoms with van der Waals surface area (Å²) in [6.07, 6.45) is 0. The number of amides is 1. The Bertz CT molecular complexity index is 340. The van der Waals surface area contributed by atoms with Crippen molar-refractivity contribution >= 4 is 11.5 Å². The van der Waals surface area contributed by atoms with Crippen LogP contribution in [-0.2, 0) is 4.79 Å². The summed E-state index contributed by atoms with van der Waals surface area (Å²) in [4.78, 5) is 9.82. The Morgan fingerprint density at radius 1 is 1.13 bits per heavy atom. The van der Waals surface area contributed by atoms with Gasteiger partial charge in [-0.15, -0.1) is 0 Å². The van der Waals surface area contributed by atoms with E-state index in [1.165, 1.54) is 5.56 Å². The normalized spacial score (nSPS) is 8.40. The summed E-state index contributed by atoms with van der Waals surface area (Å²) in [7, 11) is 0. The van der Waals surface area contributed by atoms with E-state index in [1.54, 1.807) is 6.92 Å². The van der Waals surface area contributed by atoms with Crippen LogP contribution in [0.2, 0.25) is 0 Å². The fourth-order valence-corrected chi connectivity index (χ4v) is 0.723. The van der Waals surface area contributed by atoms with Gasteiger partial charge in [-0.1, -0.05) is 49.1 Å². The molecular formula is C13H17NO. The van der Waals surface area contributed by atoms with E-state index < -0.39 is 5.91 Å². The number of carbonyl (C=O) groups is 1. The Balaban J connectivity index is 0.000000288. The third-order valence-corrected chi connectivity index (χ3v) is 1.69. The fraction of sp³-hybridized carbons (Fsp3) is 0.154. The first kappa shape index (κ1) is 13.2. The molecule has 1 aromatic carbocycles. The molecule has 15 heavy (non-hydrogen) atoms. The van der Waals surface area contributed by atoms with Gasteiger partial charge in [0, 0.05) is 5.57 Å². The Kier molecular flexibility index (Phi) is 5.79. The number of rotatable bonds is 2. The van der Waals surface area contributed by atoms with Gasteiger partial charge < -0.3 is 5.73 Å². The summed E-state index contributed by atoms with van der Waals surface area (Å²) >= 11 is 0. The van der Waals surface area contributed by atoms with Crippen molar-refractivity contribution in [3.63, 3.8) is 0 Å². The standard InChI is InChI=1S/C9H10.C4H7NO/c1-8(2)9-6-4-3-5-7-9;1-3(2)4(5)6/h3-7H,1H2,2H3;1H2,2H3,(H2,5,6). The van der Waals surface area contributed by atoms with E-state index in [9.17, 15) is 4.79 Å². The van der Waals surface area contributed by atoms with Crippen LogP contribution in [-0.4, -0.2) is 5.91 Å². The van der Waals surface area contributed by atoms with Gasteiger partial charge in [0.2, 0.25) is 5.91 Å². The second-order valence-corrected chi connectivity index (χ2v) is 3.29. The van der Waals surface area contributed by atoms with E-state index in [2.05, 4.69) is 25.3 Å². The van der Waals surface area contributed by atoms with Crippen LogP contribution < -0.4 is 5.73 Å². The van der Waals surface area contributed by atoms with Crippen LogP contribution in [0.3, 0.4) is 0 Å². The summed E-state index contributed by atoms with van der Waals surface area (Å²) < 4.78 is 0. The van der Waals surface area contributed by atoms with Crippen molar-refractivity contribution in [3.05, 3.63) is 54.6 Å². The van der Waals surface area contributed by atoms with Crippen LogP contribution in [0.1, 0.15) is 19.4 Å². The van der Waals surface area contributed by atoms with Crippen LogP contribution in [0.15, 0.2) is 49.1 Å². The molecule has 1 amide bonds. The molecule has 2 nitrogen and oxygen atoms in total. The predicted octanol–water partition coefficient (Wildman–Crippen LogP) is 2.77. The lowest BCUT2D eigenvalue weighted by Gasteiger charge is -1.94. The van der Waals surface area contributed by atoms with Crippen molar-refractivity contribution in [3.8, 4) is 0 Å². The van der Waals surface area contributed by atoms with Gasteiger partial charge >= 0.3 is 0 Å². The molecule has 0 radical (unpaired) electrons. The van der Waals surface area contributed by atoms with Gasteiger partial charge in [-0.3, -0.25) is 4.79 Å². The number of primary amides is 1. The minimum Gasteiger partial charge on any atom is -0.366 e. The van der Waals surface area contributed by atoms with Gasteiger partial charge in [0.1, 0.15) is 0 Å². The van der Waals surface area contributed by atoms with Crippen molar-refractivity contribution < 1.29 is 4.79 Å². The van der Waals surface area contributed by atoms with Crippen molar-refractivity contribution in [1.29, 1.82) is 0 Å². The first-order valence-electron chi connectivity index (χ1n) is 4.61. The Morgan fingerprint density at radius 2 is 1.53 bits per heavy atom. The molecule has 0 spiro atoms. The Morgan fingerprint density at radius 3 is 1.73 bits per heavy atom. The van der Waals surface area contributed by atoms with Gasteiger partial charge in [-0.2, -0.15) is 0 Å². The molecule has 2 heteroatoms. The van der Waals surface area contributed by atoms with Crippen LogP contribution in [0, 0.1) is 0 Å². The number of benzene rings is 1. The minimum atomic E-state index is -0.435. The van der Waals surface area contributed by atoms with Gasteiger partial charge in [-0.25, -0.2) is 0 Å². The molecule has 0 atom stereocenters. The van der Waals surface area contributed by atoms with Gasteiger partial charge in [0.15, 0.2) is 0 Å². The van der Waals surface area contributed by atoms with E-state index in [0.717, 1.165) is 5.57 Å². The lowest BCUT2D eigenvalue weighted by atomic mass is 10.1. The number of allylic oxidation sites excluding steroid dienone is 1. The molecule has 1 rings (SSSR count). The lowest BCUT2D eigenvalue weighted by molar-refractivity contribution is -0.114. The number of hydrogen-bond donors (Lipinski definition) is 1. The highest BCUT2D eigenvalue weighted by Crippen LogP contribution is 2.08. The predicted molar refractivity (Wildman–Crippen MR) is 65.2 cm³/mol. The highest BCUT2D eigenvalue weighted by atomic mass is 16.1. The average Bonchev–Trinajstić information content (AvgIpc) is 2.20. The van der Waals surface area contributed by atoms with Gasteiger partial charge in [0.25, 0.3) is 0 Å². The largest absolute Gasteiger partial charge is 0.366 e. The Labute approximate surface area is 91.1 Å². The quantitative estimate of drug-likeness (QED) is 0.738. The van der Waals surface area contributed by atoms with Crippen molar-refractivity contribution in [2.75, 3.05) is 0 Å². The lowest BCUT2D eigenvalue weighted by Crippen LogP contribution is -2.10. The van der Waals surface area contributed by atoms with E-state index in [0.29, 0.717) is 5.57 Å². The third-order valence-electron chi connectivity index (χ3n) is 1.69. The molecule has 0 saturated carbocycles. The van der Waals surface area contributed by atoms with Crippen molar-refractivity contribution in [1.82, 2.24) is 0 Å². The number of hydrogen-bond acceptors (Lipinski definition) is 1. The molecule has 80 valence electrons. The number of nitrogens with two attached hydrogens (primary N) is 1. The zero-order valence-electron chi connectivity index (χ0n) is 9.29.